The highest BCUT2D eigenvalue weighted by molar-refractivity contribution is 5.99. The number of ketones is 1. The molecule has 2 aromatic rings. The van der Waals surface area contributed by atoms with Gasteiger partial charge >= 0.3 is 5.97 Å². The third kappa shape index (κ3) is 3.38. The number of aromatic nitrogens is 1. The molecule has 6 nitrogen and oxygen atoms in total. The summed E-state index contributed by atoms with van der Waals surface area (Å²) in [6.07, 6.45) is 1.02. The summed E-state index contributed by atoms with van der Waals surface area (Å²) in [4.78, 5) is 23.9. The highest BCUT2D eigenvalue weighted by atomic mass is 16.7. The lowest BCUT2D eigenvalue weighted by atomic mass is 10.1. The van der Waals surface area contributed by atoms with Crippen molar-refractivity contribution in [3.05, 3.63) is 41.2 Å². The van der Waals surface area contributed by atoms with Gasteiger partial charge in [-0.2, -0.15) is 0 Å². The van der Waals surface area contributed by atoms with Gasteiger partial charge in [0.15, 0.2) is 18.1 Å². The van der Waals surface area contributed by atoms with E-state index >= 15 is 0 Å². The van der Waals surface area contributed by atoms with E-state index in [1.807, 2.05) is 49.6 Å². The van der Waals surface area contributed by atoms with Crippen LogP contribution < -0.4 is 9.47 Å². The van der Waals surface area contributed by atoms with Crippen molar-refractivity contribution in [3.63, 3.8) is 0 Å². The summed E-state index contributed by atoms with van der Waals surface area (Å²) in [7, 11) is 0. The second kappa shape index (κ2) is 7.01. The summed E-state index contributed by atoms with van der Waals surface area (Å²) in [5, 5.41) is 0. The molecule has 0 bridgehead atoms. The van der Waals surface area contributed by atoms with Crippen LogP contribution in [0.15, 0.2) is 24.3 Å². The Kier molecular flexibility index (Phi) is 4.79. The van der Waals surface area contributed by atoms with E-state index in [-0.39, 0.29) is 25.2 Å². The average Bonchev–Trinajstić information content (AvgIpc) is 3.16. The number of rotatable bonds is 6. The number of hydrogen-bond acceptors (Lipinski definition) is 5. The van der Waals surface area contributed by atoms with Crippen molar-refractivity contribution in [1.82, 2.24) is 4.57 Å². The van der Waals surface area contributed by atoms with Gasteiger partial charge in [0, 0.05) is 35.1 Å². The van der Waals surface area contributed by atoms with E-state index < -0.39 is 0 Å². The molecule has 132 valence electrons. The molecule has 0 unspecified atom stereocenters. The van der Waals surface area contributed by atoms with E-state index in [1.54, 1.807) is 0 Å². The molecule has 0 radical (unpaired) electrons. The van der Waals surface area contributed by atoms with Gasteiger partial charge in [-0.05, 0) is 38.5 Å². The fourth-order valence-electron chi connectivity index (χ4n) is 2.97. The van der Waals surface area contributed by atoms with Crippen LogP contribution in [-0.4, -0.2) is 29.7 Å². The Balaban J connectivity index is 1.83. The number of benzene rings is 1. The zero-order valence-electron chi connectivity index (χ0n) is 14.6. The van der Waals surface area contributed by atoms with E-state index in [0.717, 1.165) is 17.1 Å². The molecule has 3 rings (SSSR count). The van der Waals surface area contributed by atoms with Crippen LogP contribution in [0.5, 0.6) is 11.5 Å². The largest absolute Gasteiger partial charge is 0.457 e. The SMILES string of the molecule is CCCC(=O)OCC(=O)c1cc(C)n(-c2ccc3c(c2)OCO3)c1C. The maximum absolute atomic E-state index is 12.4. The molecule has 1 aliphatic heterocycles. The van der Waals surface area contributed by atoms with Crippen molar-refractivity contribution < 1.29 is 23.8 Å². The molecule has 0 atom stereocenters. The Hall–Kier alpha value is -2.76. The number of aryl methyl sites for hydroxylation is 1. The van der Waals surface area contributed by atoms with Gasteiger partial charge in [0.25, 0.3) is 0 Å². The molecule has 6 heteroatoms. The minimum Gasteiger partial charge on any atom is -0.457 e. The van der Waals surface area contributed by atoms with Gasteiger partial charge < -0.3 is 18.8 Å². The second-order valence-electron chi connectivity index (χ2n) is 5.99. The third-order valence-corrected chi connectivity index (χ3v) is 4.16. The number of Topliss-reactive ketones (excluding diaryl/α,β-unsaturated/α-hetero) is 1. The van der Waals surface area contributed by atoms with Gasteiger partial charge in [-0.3, -0.25) is 9.59 Å². The van der Waals surface area contributed by atoms with E-state index in [9.17, 15) is 9.59 Å². The van der Waals surface area contributed by atoms with Gasteiger partial charge in [0.05, 0.1) is 0 Å². The van der Waals surface area contributed by atoms with Crippen LogP contribution in [0.4, 0.5) is 0 Å². The Morgan fingerprint density at radius 1 is 1.16 bits per heavy atom. The molecule has 1 aromatic heterocycles. The minimum absolute atomic E-state index is 0.204. The summed E-state index contributed by atoms with van der Waals surface area (Å²) in [6.45, 7) is 5.68. The molecule has 1 aliphatic rings. The van der Waals surface area contributed by atoms with Crippen molar-refractivity contribution in [3.8, 4) is 17.2 Å². The number of carbonyl (C=O) groups excluding carboxylic acids is 2. The summed E-state index contributed by atoms with van der Waals surface area (Å²) < 4.78 is 17.8. The lowest BCUT2D eigenvalue weighted by molar-refractivity contribution is -0.142. The van der Waals surface area contributed by atoms with Crippen LogP contribution >= 0.6 is 0 Å². The predicted octanol–water partition coefficient (Wildman–Crippen LogP) is 3.35. The third-order valence-electron chi connectivity index (χ3n) is 4.16. The molecule has 0 aliphatic carbocycles. The molecule has 0 saturated heterocycles. The number of hydrogen-bond donors (Lipinski definition) is 0. The summed E-state index contributed by atoms with van der Waals surface area (Å²) in [5.74, 6) is 0.849. The fourth-order valence-corrected chi connectivity index (χ4v) is 2.97. The van der Waals surface area contributed by atoms with Gasteiger partial charge in [0.2, 0.25) is 12.6 Å². The standard InChI is InChI=1S/C19H21NO5/c1-4-5-19(22)23-10-16(21)15-8-12(2)20(13(15)3)14-6-7-17-18(9-14)25-11-24-17/h6-9H,4-5,10-11H2,1-3H3. The van der Waals surface area contributed by atoms with Gasteiger partial charge in [0.1, 0.15) is 0 Å². The topological polar surface area (TPSA) is 66.8 Å². The first kappa shape index (κ1) is 17.1. The van der Waals surface area contributed by atoms with Crippen LogP contribution in [0, 0.1) is 13.8 Å². The molecular weight excluding hydrogens is 322 g/mol. The zero-order chi connectivity index (χ0) is 18.0. The van der Waals surface area contributed by atoms with E-state index in [2.05, 4.69) is 0 Å². The molecule has 0 spiro atoms. The Bertz CT molecular complexity index is 821. The molecule has 0 fully saturated rings. The van der Waals surface area contributed by atoms with E-state index in [4.69, 9.17) is 14.2 Å². The van der Waals surface area contributed by atoms with Crippen LogP contribution in [0.2, 0.25) is 0 Å². The lowest BCUT2D eigenvalue weighted by Gasteiger charge is -2.11. The molecule has 2 heterocycles. The summed E-state index contributed by atoms with van der Waals surface area (Å²) in [6, 6.07) is 7.47. The zero-order valence-corrected chi connectivity index (χ0v) is 14.6. The van der Waals surface area contributed by atoms with Crippen molar-refractivity contribution in [1.29, 1.82) is 0 Å². The molecular formula is C19H21NO5. The van der Waals surface area contributed by atoms with Gasteiger partial charge in [-0.25, -0.2) is 0 Å². The number of carbonyl (C=O) groups is 2. The number of ether oxygens (including phenoxy) is 3. The molecule has 1 aromatic carbocycles. The molecule has 0 saturated carbocycles. The Morgan fingerprint density at radius 2 is 1.92 bits per heavy atom. The average molecular weight is 343 g/mol. The maximum atomic E-state index is 12.4. The summed E-state index contributed by atoms with van der Waals surface area (Å²) >= 11 is 0. The van der Waals surface area contributed by atoms with E-state index in [1.165, 1.54) is 0 Å². The predicted molar refractivity (Wildman–Crippen MR) is 91.6 cm³/mol. The normalized spacial score (nSPS) is 12.3. The van der Waals surface area contributed by atoms with Crippen LogP contribution in [0.25, 0.3) is 5.69 Å². The van der Waals surface area contributed by atoms with Crippen LogP contribution in [0.3, 0.4) is 0 Å². The van der Waals surface area contributed by atoms with Crippen molar-refractivity contribution >= 4 is 11.8 Å². The number of esters is 1. The Labute approximate surface area is 146 Å². The highest BCUT2D eigenvalue weighted by Crippen LogP contribution is 2.34. The van der Waals surface area contributed by atoms with Crippen molar-refractivity contribution in [2.45, 2.75) is 33.6 Å². The molecule has 0 amide bonds. The van der Waals surface area contributed by atoms with Crippen LogP contribution in [0.1, 0.15) is 41.5 Å². The minimum atomic E-state index is -0.347. The number of fused-ring (bicyclic) bond motifs is 1. The lowest BCUT2D eigenvalue weighted by Crippen LogP contribution is -2.14. The summed E-state index contributed by atoms with van der Waals surface area (Å²) in [5.41, 5.74) is 3.16. The first-order valence-electron chi connectivity index (χ1n) is 8.29. The quantitative estimate of drug-likeness (QED) is 0.594. The number of nitrogens with zero attached hydrogens (tertiary/aromatic N) is 1. The molecule has 0 N–H and O–H groups in total. The van der Waals surface area contributed by atoms with Crippen molar-refractivity contribution in [2.75, 3.05) is 13.4 Å². The van der Waals surface area contributed by atoms with Gasteiger partial charge in [-0.1, -0.05) is 6.92 Å². The monoisotopic (exact) mass is 343 g/mol. The molecule has 25 heavy (non-hydrogen) atoms. The smallest absolute Gasteiger partial charge is 0.306 e. The Morgan fingerprint density at radius 3 is 2.68 bits per heavy atom. The van der Waals surface area contributed by atoms with Crippen molar-refractivity contribution in [2.24, 2.45) is 0 Å². The van der Waals surface area contributed by atoms with Crippen LogP contribution in [-0.2, 0) is 9.53 Å². The highest BCUT2D eigenvalue weighted by Gasteiger charge is 2.20. The first-order valence-corrected chi connectivity index (χ1v) is 8.29. The van der Waals surface area contributed by atoms with Gasteiger partial charge in [-0.15, -0.1) is 0 Å². The first-order chi connectivity index (χ1) is 12.0. The fraction of sp³-hybridized carbons (Fsp3) is 0.368. The second-order valence-corrected chi connectivity index (χ2v) is 5.99. The maximum Gasteiger partial charge on any atom is 0.306 e. The van der Waals surface area contributed by atoms with E-state index in [0.29, 0.717) is 29.9 Å².